The average Bonchev–Trinajstić information content (AvgIpc) is 2.67. The molecule has 6 heteroatoms. The average molecular weight is 414 g/mol. The molecule has 1 aliphatic rings. The van der Waals surface area contributed by atoms with E-state index >= 15 is 0 Å². The minimum Gasteiger partial charge on any atom is -0.385 e. The number of thiol groups is 1. The van der Waals surface area contributed by atoms with Gasteiger partial charge < -0.3 is 20.2 Å². The van der Waals surface area contributed by atoms with Crippen LogP contribution in [-0.2, 0) is 5.60 Å². The first-order chi connectivity index (χ1) is 13.1. The predicted octanol–water partition coefficient (Wildman–Crippen LogP) is 3.24. The fourth-order valence-electron chi connectivity index (χ4n) is 3.76. The van der Waals surface area contributed by atoms with Gasteiger partial charge in [-0.25, -0.2) is 0 Å². The smallest absolute Gasteiger partial charge is 0.0920 e. The van der Waals surface area contributed by atoms with Crippen molar-refractivity contribution in [2.45, 2.75) is 38.2 Å². The van der Waals surface area contributed by atoms with E-state index in [1.165, 1.54) is 12.8 Å². The summed E-state index contributed by atoms with van der Waals surface area (Å²) in [5.74, 6) is 0.918. The molecule has 2 rings (SSSR count). The van der Waals surface area contributed by atoms with E-state index in [1.54, 1.807) is 0 Å². The Bertz CT molecular complexity index is 521. The lowest BCUT2D eigenvalue weighted by molar-refractivity contribution is -0.0261. The lowest BCUT2D eigenvalue weighted by Gasteiger charge is -2.38. The first-order valence-electron chi connectivity index (χ1n) is 10.3. The molecule has 0 aromatic heterocycles. The maximum absolute atomic E-state index is 11.0. The molecule has 2 N–H and O–H groups in total. The van der Waals surface area contributed by atoms with Crippen LogP contribution in [-0.4, -0.2) is 73.0 Å². The van der Waals surface area contributed by atoms with Crippen molar-refractivity contribution in [2.75, 3.05) is 58.1 Å². The molecule has 1 fully saturated rings. The fourth-order valence-corrected chi connectivity index (χ4v) is 4.17. The lowest BCUT2D eigenvalue weighted by atomic mass is 9.84. The number of rotatable bonds is 12. The summed E-state index contributed by atoms with van der Waals surface area (Å²) < 4.78 is 0. The summed E-state index contributed by atoms with van der Waals surface area (Å²) in [6.07, 6.45) is 4.02. The van der Waals surface area contributed by atoms with Crippen molar-refractivity contribution in [3.8, 4) is 0 Å². The molecule has 0 atom stereocenters. The normalized spacial score (nSPS) is 17.5. The quantitative estimate of drug-likeness (QED) is 0.363. The SMILES string of the molecule is CCNCCN(CCS)CCCCN1CCC(O)(c2ccc(Cl)cc2)CC1. The zero-order valence-electron chi connectivity index (χ0n) is 16.7. The number of halogens is 1. The minimum atomic E-state index is -0.698. The largest absolute Gasteiger partial charge is 0.385 e. The molecule has 1 saturated heterocycles. The van der Waals surface area contributed by atoms with Crippen LogP contribution in [0, 0.1) is 0 Å². The first-order valence-corrected chi connectivity index (χ1v) is 11.3. The molecule has 154 valence electrons. The summed E-state index contributed by atoms with van der Waals surface area (Å²) in [7, 11) is 0. The van der Waals surface area contributed by atoms with Crippen molar-refractivity contribution in [3.05, 3.63) is 34.9 Å². The summed E-state index contributed by atoms with van der Waals surface area (Å²) >= 11 is 10.3. The highest BCUT2D eigenvalue weighted by Crippen LogP contribution is 2.33. The van der Waals surface area contributed by atoms with Crippen LogP contribution in [0.3, 0.4) is 0 Å². The van der Waals surface area contributed by atoms with E-state index in [2.05, 4.69) is 34.7 Å². The molecule has 4 nitrogen and oxygen atoms in total. The third-order valence-electron chi connectivity index (χ3n) is 5.53. The van der Waals surface area contributed by atoms with E-state index in [4.69, 9.17) is 11.6 Å². The van der Waals surface area contributed by atoms with Gasteiger partial charge >= 0.3 is 0 Å². The molecule has 1 heterocycles. The lowest BCUT2D eigenvalue weighted by Crippen LogP contribution is -2.43. The Balaban J connectivity index is 1.66. The predicted molar refractivity (Wildman–Crippen MR) is 119 cm³/mol. The molecular formula is C21H36ClN3OS. The molecule has 27 heavy (non-hydrogen) atoms. The van der Waals surface area contributed by atoms with E-state index in [-0.39, 0.29) is 0 Å². The van der Waals surface area contributed by atoms with Crippen LogP contribution in [0.4, 0.5) is 0 Å². The van der Waals surface area contributed by atoms with Crippen LogP contribution < -0.4 is 5.32 Å². The van der Waals surface area contributed by atoms with Crippen molar-refractivity contribution in [1.29, 1.82) is 0 Å². The molecule has 0 amide bonds. The molecule has 0 aliphatic carbocycles. The van der Waals surface area contributed by atoms with Gasteiger partial charge in [-0.15, -0.1) is 0 Å². The number of likely N-dealkylation sites (tertiary alicyclic amines) is 1. The van der Waals surface area contributed by atoms with Crippen LogP contribution in [0.25, 0.3) is 0 Å². The Morgan fingerprint density at radius 1 is 1.15 bits per heavy atom. The molecule has 0 saturated carbocycles. The number of likely N-dealkylation sites (N-methyl/N-ethyl adjacent to an activating group) is 1. The highest BCUT2D eigenvalue weighted by Gasteiger charge is 2.33. The van der Waals surface area contributed by atoms with E-state index in [9.17, 15) is 5.11 Å². The van der Waals surface area contributed by atoms with Gasteiger partial charge in [-0.2, -0.15) is 12.6 Å². The number of benzene rings is 1. The number of hydrogen-bond acceptors (Lipinski definition) is 5. The second-order valence-corrected chi connectivity index (χ2v) is 8.39. The van der Waals surface area contributed by atoms with Gasteiger partial charge in [-0.1, -0.05) is 30.7 Å². The first kappa shape index (κ1) is 23.0. The Kier molecular flexibility index (Phi) is 10.5. The van der Waals surface area contributed by atoms with Crippen LogP contribution in [0.2, 0.25) is 5.02 Å². The number of nitrogens with zero attached hydrogens (tertiary/aromatic N) is 2. The highest BCUT2D eigenvalue weighted by molar-refractivity contribution is 7.80. The summed E-state index contributed by atoms with van der Waals surface area (Å²) in [6, 6.07) is 7.66. The Labute approximate surface area is 175 Å². The fraction of sp³-hybridized carbons (Fsp3) is 0.714. The molecule has 0 spiro atoms. The van der Waals surface area contributed by atoms with Crippen molar-refractivity contribution >= 4 is 24.2 Å². The third-order valence-corrected chi connectivity index (χ3v) is 5.99. The van der Waals surface area contributed by atoms with Gasteiger partial charge in [0.1, 0.15) is 0 Å². The minimum absolute atomic E-state index is 0.698. The van der Waals surface area contributed by atoms with Gasteiger partial charge in [0, 0.05) is 43.5 Å². The molecule has 1 aromatic rings. The van der Waals surface area contributed by atoms with Gasteiger partial charge in [0.15, 0.2) is 0 Å². The van der Waals surface area contributed by atoms with Crippen molar-refractivity contribution in [1.82, 2.24) is 15.1 Å². The molecule has 0 radical (unpaired) electrons. The summed E-state index contributed by atoms with van der Waals surface area (Å²) in [4.78, 5) is 5.00. The number of hydrogen-bond donors (Lipinski definition) is 3. The van der Waals surface area contributed by atoms with E-state index < -0.39 is 5.60 Å². The van der Waals surface area contributed by atoms with Crippen LogP contribution >= 0.6 is 24.2 Å². The summed E-state index contributed by atoms with van der Waals surface area (Å²) in [5.41, 5.74) is 0.297. The van der Waals surface area contributed by atoms with Gasteiger partial charge in [-0.3, -0.25) is 0 Å². The van der Waals surface area contributed by atoms with E-state index in [0.29, 0.717) is 0 Å². The zero-order valence-corrected chi connectivity index (χ0v) is 18.3. The number of nitrogens with one attached hydrogen (secondary N) is 1. The Hall–Kier alpha value is -0.300. The van der Waals surface area contributed by atoms with Crippen LogP contribution in [0.5, 0.6) is 0 Å². The summed E-state index contributed by atoms with van der Waals surface area (Å²) in [6.45, 7) is 10.6. The molecule has 1 aromatic carbocycles. The Morgan fingerprint density at radius 2 is 1.85 bits per heavy atom. The van der Waals surface area contributed by atoms with Crippen molar-refractivity contribution < 1.29 is 5.11 Å². The van der Waals surface area contributed by atoms with E-state index in [0.717, 1.165) is 81.5 Å². The third kappa shape index (κ3) is 7.92. The highest BCUT2D eigenvalue weighted by atomic mass is 35.5. The molecule has 0 unspecified atom stereocenters. The second kappa shape index (κ2) is 12.3. The molecule has 1 aliphatic heterocycles. The molecule has 0 bridgehead atoms. The monoisotopic (exact) mass is 413 g/mol. The summed E-state index contributed by atoms with van der Waals surface area (Å²) in [5, 5.41) is 15.1. The van der Waals surface area contributed by atoms with Gasteiger partial charge in [0.2, 0.25) is 0 Å². The maximum Gasteiger partial charge on any atom is 0.0920 e. The van der Waals surface area contributed by atoms with Crippen molar-refractivity contribution in [3.63, 3.8) is 0 Å². The molecular weight excluding hydrogens is 378 g/mol. The second-order valence-electron chi connectivity index (χ2n) is 7.51. The maximum atomic E-state index is 11.0. The van der Waals surface area contributed by atoms with Gasteiger partial charge in [0.05, 0.1) is 5.60 Å². The Morgan fingerprint density at radius 3 is 2.48 bits per heavy atom. The van der Waals surface area contributed by atoms with E-state index in [1.807, 2.05) is 24.3 Å². The van der Waals surface area contributed by atoms with Crippen molar-refractivity contribution in [2.24, 2.45) is 0 Å². The number of unbranched alkanes of at least 4 members (excludes halogenated alkanes) is 1. The van der Waals surface area contributed by atoms with Gasteiger partial charge in [-0.05, 0) is 63.0 Å². The standard InChI is InChI=1S/C21H36ClN3OS/c1-2-23-11-16-25(17-18-27)13-4-3-12-24-14-9-21(26,10-15-24)19-5-7-20(22)8-6-19/h5-8,23,26-27H,2-4,9-18H2,1H3. The topological polar surface area (TPSA) is 38.7 Å². The number of aliphatic hydroxyl groups is 1. The van der Waals surface area contributed by atoms with Crippen LogP contribution in [0.1, 0.15) is 38.2 Å². The zero-order chi connectivity index (χ0) is 19.5. The number of piperidine rings is 1. The van der Waals surface area contributed by atoms with Gasteiger partial charge in [0.25, 0.3) is 0 Å². The van der Waals surface area contributed by atoms with Crippen LogP contribution in [0.15, 0.2) is 24.3 Å².